The summed E-state index contributed by atoms with van der Waals surface area (Å²) >= 11 is 0. The number of ether oxygens (including phenoxy) is 1. The van der Waals surface area contributed by atoms with E-state index in [1.54, 1.807) is 0 Å². The summed E-state index contributed by atoms with van der Waals surface area (Å²) < 4.78 is 11.0. The Morgan fingerprint density at radius 1 is 1.32 bits per heavy atom. The highest BCUT2D eigenvalue weighted by Gasteiger charge is 2.23. The molecule has 1 saturated heterocycles. The quantitative estimate of drug-likeness (QED) is 0.871. The molecule has 2 aromatic rings. The number of carbonyl (C=O) groups excluding carboxylic acids is 1. The van der Waals surface area contributed by atoms with Gasteiger partial charge in [-0.3, -0.25) is 4.79 Å². The van der Waals surface area contributed by atoms with Gasteiger partial charge in [0.2, 0.25) is 11.8 Å². The smallest absolute Gasteiger partial charge is 0.232 e. The maximum atomic E-state index is 12.1. The molecule has 6 heteroatoms. The topological polar surface area (TPSA) is 77.3 Å². The van der Waals surface area contributed by atoms with Gasteiger partial charge in [0.1, 0.15) is 0 Å². The molecule has 0 spiro atoms. The first kappa shape index (κ1) is 17.6. The van der Waals surface area contributed by atoms with Crippen LogP contribution < -0.4 is 5.32 Å². The standard InChI is InChI=1S/C19H25N3O3/c1-3-16-10-14(8-9-24-16)11-19-21-17(22-25-19)12-18(23)20-15-6-4-13(2)5-7-15/h4-7,14,16H,3,8-12H2,1-2H3,(H,20,23)/t14-,16-/m0/s1. The summed E-state index contributed by atoms with van der Waals surface area (Å²) in [6.07, 6.45) is 4.28. The molecule has 0 bridgehead atoms. The second-order valence-electron chi connectivity index (χ2n) is 6.69. The lowest BCUT2D eigenvalue weighted by molar-refractivity contribution is -0.115. The van der Waals surface area contributed by atoms with Crippen molar-refractivity contribution in [2.45, 2.75) is 52.1 Å². The van der Waals surface area contributed by atoms with Crippen LogP contribution in [-0.2, 0) is 22.4 Å². The van der Waals surface area contributed by atoms with E-state index in [1.807, 2.05) is 31.2 Å². The summed E-state index contributed by atoms with van der Waals surface area (Å²) in [5, 5.41) is 6.78. The van der Waals surface area contributed by atoms with E-state index in [0.29, 0.717) is 23.7 Å². The molecule has 1 aliphatic heterocycles. The number of amides is 1. The lowest BCUT2D eigenvalue weighted by atomic mass is 9.91. The Bertz CT molecular complexity index is 696. The Morgan fingerprint density at radius 3 is 2.88 bits per heavy atom. The van der Waals surface area contributed by atoms with Crippen LogP contribution in [0.4, 0.5) is 5.69 Å². The number of hydrogen-bond donors (Lipinski definition) is 1. The van der Waals surface area contributed by atoms with Crippen LogP contribution in [0.15, 0.2) is 28.8 Å². The summed E-state index contributed by atoms with van der Waals surface area (Å²) in [5.41, 5.74) is 1.92. The van der Waals surface area contributed by atoms with Gasteiger partial charge in [0.25, 0.3) is 0 Å². The van der Waals surface area contributed by atoms with Crippen LogP contribution in [0, 0.1) is 12.8 Å². The van der Waals surface area contributed by atoms with Crippen LogP contribution in [0.3, 0.4) is 0 Å². The number of benzene rings is 1. The number of nitrogens with zero attached hydrogens (tertiary/aromatic N) is 2. The van der Waals surface area contributed by atoms with Crippen molar-refractivity contribution in [3.63, 3.8) is 0 Å². The maximum Gasteiger partial charge on any atom is 0.232 e. The molecule has 0 aliphatic carbocycles. The first-order valence-electron chi connectivity index (χ1n) is 8.92. The molecule has 134 valence electrons. The molecule has 0 saturated carbocycles. The fraction of sp³-hybridized carbons (Fsp3) is 0.526. The monoisotopic (exact) mass is 343 g/mol. The van der Waals surface area contributed by atoms with Gasteiger partial charge in [-0.2, -0.15) is 4.98 Å². The third-order valence-electron chi connectivity index (χ3n) is 4.56. The molecule has 1 fully saturated rings. The van der Waals surface area contributed by atoms with Gasteiger partial charge in [-0.15, -0.1) is 0 Å². The molecule has 25 heavy (non-hydrogen) atoms. The number of rotatable bonds is 6. The molecule has 1 aromatic carbocycles. The van der Waals surface area contributed by atoms with Crippen LogP contribution in [0.5, 0.6) is 0 Å². The van der Waals surface area contributed by atoms with Gasteiger partial charge in [-0.05, 0) is 44.2 Å². The van der Waals surface area contributed by atoms with Gasteiger partial charge >= 0.3 is 0 Å². The number of nitrogens with one attached hydrogen (secondary N) is 1. The Labute approximate surface area is 148 Å². The summed E-state index contributed by atoms with van der Waals surface area (Å²) in [6, 6.07) is 7.67. The third-order valence-corrected chi connectivity index (χ3v) is 4.56. The molecule has 1 aromatic heterocycles. The van der Waals surface area contributed by atoms with Gasteiger partial charge in [-0.25, -0.2) is 0 Å². The van der Waals surface area contributed by atoms with Gasteiger partial charge in [-0.1, -0.05) is 29.8 Å². The summed E-state index contributed by atoms with van der Waals surface area (Å²) in [4.78, 5) is 16.5. The molecule has 2 atom stereocenters. The highest BCUT2D eigenvalue weighted by molar-refractivity contribution is 5.91. The first-order valence-corrected chi connectivity index (χ1v) is 8.92. The Kier molecular flexibility index (Phi) is 5.81. The SMILES string of the molecule is CC[C@H]1C[C@@H](Cc2nc(CC(=O)Nc3ccc(C)cc3)no2)CCO1. The van der Waals surface area contributed by atoms with Gasteiger partial charge < -0.3 is 14.6 Å². The van der Waals surface area contributed by atoms with Crippen LogP contribution in [0.25, 0.3) is 0 Å². The first-order chi connectivity index (χ1) is 12.1. The van der Waals surface area contributed by atoms with Crippen molar-refractivity contribution in [1.29, 1.82) is 0 Å². The van der Waals surface area contributed by atoms with Gasteiger partial charge in [0.05, 0.1) is 12.5 Å². The van der Waals surface area contributed by atoms with E-state index in [0.717, 1.165) is 43.5 Å². The van der Waals surface area contributed by atoms with E-state index in [-0.39, 0.29) is 12.3 Å². The zero-order chi connectivity index (χ0) is 17.6. The summed E-state index contributed by atoms with van der Waals surface area (Å²) in [7, 11) is 0. The highest BCUT2D eigenvalue weighted by Crippen LogP contribution is 2.25. The van der Waals surface area contributed by atoms with Crippen molar-refractivity contribution in [2.24, 2.45) is 5.92 Å². The maximum absolute atomic E-state index is 12.1. The molecule has 0 unspecified atom stereocenters. The minimum atomic E-state index is -0.145. The van der Waals surface area contributed by atoms with Crippen molar-refractivity contribution in [3.05, 3.63) is 41.5 Å². The zero-order valence-corrected chi connectivity index (χ0v) is 14.8. The summed E-state index contributed by atoms with van der Waals surface area (Å²) in [6.45, 7) is 4.95. The fourth-order valence-electron chi connectivity index (χ4n) is 3.11. The normalized spacial score (nSPS) is 20.4. The largest absolute Gasteiger partial charge is 0.378 e. The number of hydrogen-bond acceptors (Lipinski definition) is 5. The van der Waals surface area contributed by atoms with E-state index in [2.05, 4.69) is 22.4 Å². The van der Waals surface area contributed by atoms with Crippen LogP contribution in [0.1, 0.15) is 43.5 Å². The lowest BCUT2D eigenvalue weighted by Crippen LogP contribution is -2.26. The van der Waals surface area contributed by atoms with Crippen molar-refractivity contribution >= 4 is 11.6 Å². The van der Waals surface area contributed by atoms with E-state index < -0.39 is 0 Å². The van der Waals surface area contributed by atoms with Crippen LogP contribution in [-0.4, -0.2) is 28.8 Å². The Hall–Kier alpha value is -2.21. The van der Waals surface area contributed by atoms with Crippen molar-refractivity contribution in [3.8, 4) is 0 Å². The summed E-state index contributed by atoms with van der Waals surface area (Å²) in [5.74, 6) is 1.40. The zero-order valence-electron chi connectivity index (χ0n) is 14.8. The molecule has 3 rings (SSSR count). The Morgan fingerprint density at radius 2 is 2.12 bits per heavy atom. The third kappa shape index (κ3) is 5.13. The molecule has 2 heterocycles. The van der Waals surface area contributed by atoms with E-state index in [4.69, 9.17) is 9.26 Å². The van der Waals surface area contributed by atoms with E-state index in [1.165, 1.54) is 0 Å². The van der Waals surface area contributed by atoms with Crippen molar-refractivity contribution < 1.29 is 14.1 Å². The van der Waals surface area contributed by atoms with Gasteiger partial charge in [0.15, 0.2) is 5.82 Å². The predicted molar refractivity (Wildman–Crippen MR) is 94.3 cm³/mol. The molecule has 1 amide bonds. The molecule has 6 nitrogen and oxygen atoms in total. The number of carbonyl (C=O) groups is 1. The minimum absolute atomic E-state index is 0.114. The van der Waals surface area contributed by atoms with Crippen molar-refractivity contribution in [1.82, 2.24) is 10.1 Å². The van der Waals surface area contributed by atoms with Crippen LogP contribution >= 0.6 is 0 Å². The van der Waals surface area contributed by atoms with Crippen LogP contribution in [0.2, 0.25) is 0 Å². The average Bonchev–Trinajstić information content (AvgIpc) is 3.04. The predicted octanol–water partition coefficient (Wildman–Crippen LogP) is 3.31. The average molecular weight is 343 g/mol. The minimum Gasteiger partial charge on any atom is -0.378 e. The second-order valence-corrected chi connectivity index (χ2v) is 6.69. The van der Waals surface area contributed by atoms with Crippen molar-refractivity contribution in [2.75, 3.05) is 11.9 Å². The number of aryl methyl sites for hydroxylation is 1. The molecule has 1 N–H and O–H groups in total. The molecule has 1 aliphatic rings. The van der Waals surface area contributed by atoms with Gasteiger partial charge in [0, 0.05) is 18.7 Å². The molecular formula is C19H25N3O3. The molecular weight excluding hydrogens is 318 g/mol. The second kappa shape index (κ2) is 8.25. The number of anilines is 1. The number of aromatic nitrogens is 2. The highest BCUT2D eigenvalue weighted by atomic mass is 16.5. The Balaban J connectivity index is 1.51. The van der Waals surface area contributed by atoms with E-state index in [9.17, 15) is 4.79 Å². The van der Waals surface area contributed by atoms with E-state index >= 15 is 0 Å². The molecule has 0 radical (unpaired) electrons. The fourth-order valence-corrected chi connectivity index (χ4v) is 3.11. The lowest BCUT2D eigenvalue weighted by Gasteiger charge is -2.27.